The van der Waals surface area contributed by atoms with Gasteiger partial charge in [0, 0.05) is 16.8 Å². The second-order valence-corrected chi connectivity index (χ2v) is 5.61. The molecule has 1 unspecified atom stereocenters. The van der Waals surface area contributed by atoms with Crippen molar-refractivity contribution in [3.05, 3.63) is 59.8 Å². The van der Waals surface area contributed by atoms with Crippen LogP contribution in [0.5, 0.6) is 11.5 Å². The average Bonchev–Trinajstić information content (AvgIpc) is 2.96. The molecule has 1 aliphatic heterocycles. The van der Waals surface area contributed by atoms with Crippen LogP contribution in [0.15, 0.2) is 48.5 Å². The van der Waals surface area contributed by atoms with Gasteiger partial charge in [-0.3, -0.25) is 0 Å². The topological polar surface area (TPSA) is 59.3 Å². The number of phenols is 1. The predicted octanol–water partition coefficient (Wildman–Crippen LogP) is 3.55. The number of hydrogen-bond donors (Lipinski definition) is 2. The van der Waals surface area contributed by atoms with Crippen LogP contribution in [0, 0.1) is 6.92 Å². The molecule has 2 aromatic carbocycles. The molecule has 0 saturated heterocycles. The molecule has 0 saturated carbocycles. The molecule has 116 valence electrons. The molecule has 2 N–H and O–H groups in total. The number of hydrogen-bond acceptors (Lipinski definition) is 4. The Morgan fingerprint density at radius 1 is 1.17 bits per heavy atom. The maximum atomic E-state index is 10.5. The lowest BCUT2D eigenvalue weighted by Gasteiger charge is -2.29. The summed E-state index contributed by atoms with van der Waals surface area (Å²) in [6, 6.07) is 15.6. The van der Waals surface area contributed by atoms with Gasteiger partial charge in [-0.25, -0.2) is 4.68 Å². The molecule has 0 aliphatic carbocycles. The summed E-state index contributed by atoms with van der Waals surface area (Å²) in [5.41, 5.74) is 4.82. The van der Waals surface area contributed by atoms with Crippen molar-refractivity contribution in [1.82, 2.24) is 9.78 Å². The Morgan fingerprint density at radius 3 is 2.83 bits per heavy atom. The second kappa shape index (κ2) is 5.05. The summed E-state index contributed by atoms with van der Waals surface area (Å²) in [6.45, 7) is 1.97. The Labute approximate surface area is 134 Å². The summed E-state index contributed by atoms with van der Waals surface area (Å²) in [4.78, 5) is 0. The maximum Gasteiger partial charge on any atom is 0.164 e. The first-order valence-electron chi connectivity index (χ1n) is 7.47. The Hall–Kier alpha value is -2.95. The zero-order chi connectivity index (χ0) is 16.0. The molecule has 0 fully saturated rings. The fourth-order valence-corrected chi connectivity index (χ4v) is 3.09. The average molecular weight is 307 g/mol. The third kappa shape index (κ3) is 2.04. The number of nitrogens with one attached hydrogen (secondary N) is 1. The minimum absolute atomic E-state index is 0.131. The van der Waals surface area contributed by atoms with Crippen LogP contribution in [-0.4, -0.2) is 22.0 Å². The van der Waals surface area contributed by atoms with Crippen LogP contribution in [0.1, 0.15) is 17.4 Å². The van der Waals surface area contributed by atoms with E-state index in [2.05, 4.69) is 22.5 Å². The number of phenolic OH excluding ortho intramolecular Hbond substituents is 1. The third-order valence-corrected chi connectivity index (χ3v) is 4.14. The molecule has 0 spiro atoms. The van der Waals surface area contributed by atoms with Crippen LogP contribution >= 0.6 is 0 Å². The fourth-order valence-electron chi connectivity index (χ4n) is 3.09. The number of anilines is 1. The second-order valence-electron chi connectivity index (χ2n) is 5.61. The zero-order valence-electron chi connectivity index (χ0n) is 12.9. The van der Waals surface area contributed by atoms with Crippen molar-refractivity contribution in [2.24, 2.45) is 0 Å². The molecule has 1 aliphatic rings. The van der Waals surface area contributed by atoms with Crippen molar-refractivity contribution in [2.45, 2.75) is 13.1 Å². The largest absolute Gasteiger partial charge is 0.504 e. The quantitative estimate of drug-likeness (QED) is 0.760. The van der Waals surface area contributed by atoms with E-state index >= 15 is 0 Å². The number of fused-ring (bicyclic) bond motifs is 3. The smallest absolute Gasteiger partial charge is 0.164 e. The highest BCUT2D eigenvalue weighted by atomic mass is 16.5. The van der Waals surface area contributed by atoms with Gasteiger partial charge in [0.05, 0.1) is 18.5 Å². The summed E-state index contributed by atoms with van der Waals surface area (Å²) >= 11 is 0. The summed E-state index contributed by atoms with van der Waals surface area (Å²) in [6.07, 6.45) is -0.288. The lowest BCUT2D eigenvalue weighted by Crippen LogP contribution is -2.25. The minimum atomic E-state index is -0.288. The standard InChI is InChI=1S/C18H17N3O2/c1-11-10-15-12-6-3-4-8-14(12)19-18(21(15)20-11)13-7-5-9-16(23-2)17(13)22/h3-10,18-19,22H,1-2H3. The van der Waals surface area contributed by atoms with E-state index in [0.717, 1.165) is 28.2 Å². The number of para-hydroxylation sites is 2. The lowest BCUT2D eigenvalue weighted by molar-refractivity contribution is 0.366. The fraction of sp³-hybridized carbons (Fsp3) is 0.167. The molecule has 0 radical (unpaired) electrons. The van der Waals surface area contributed by atoms with Gasteiger partial charge in [0.1, 0.15) is 0 Å². The molecular weight excluding hydrogens is 290 g/mol. The third-order valence-electron chi connectivity index (χ3n) is 4.14. The van der Waals surface area contributed by atoms with Gasteiger partial charge in [-0.05, 0) is 25.1 Å². The van der Waals surface area contributed by atoms with Crippen molar-refractivity contribution >= 4 is 5.69 Å². The Bertz CT molecular complexity index is 886. The number of aromatic nitrogens is 2. The van der Waals surface area contributed by atoms with Gasteiger partial charge in [0.15, 0.2) is 17.7 Å². The van der Waals surface area contributed by atoms with E-state index in [-0.39, 0.29) is 11.9 Å². The minimum Gasteiger partial charge on any atom is -0.504 e. The molecular formula is C18H17N3O2. The molecule has 1 aromatic heterocycles. The Morgan fingerprint density at radius 2 is 2.00 bits per heavy atom. The highest BCUT2D eigenvalue weighted by molar-refractivity contribution is 5.79. The first kappa shape index (κ1) is 13.7. The summed E-state index contributed by atoms with van der Waals surface area (Å²) in [5, 5.41) is 18.6. The van der Waals surface area contributed by atoms with Crippen LogP contribution in [0.25, 0.3) is 11.3 Å². The first-order chi connectivity index (χ1) is 11.2. The van der Waals surface area contributed by atoms with E-state index in [1.165, 1.54) is 0 Å². The monoisotopic (exact) mass is 307 g/mol. The molecule has 2 heterocycles. The molecule has 23 heavy (non-hydrogen) atoms. The van der Waals surface area contributed by atoms with E-state index in [1.54, 1.807) is 13.2 Å². The number of nitrogens with zero attached hydrogens (tertiary/aromatic N) is 2. The summed E-state index contributed by atoms with van der Waals surface area (Å²) in [5.74, 6) is 0.583. The van der Waals surface area contributed by atoms with Crippen molar-refractivity contribution in [1.29, 1.82) is 0 Å². The van der Waals surface area contributed by atoms with Crippen molar-refractivity contribution in [2.75, 3.05) is 12.4 Å². The van der Waals surface area contributed by atoms with Crippen LogP contribution < -0.4 is 10.1 Å². The highest BCUT2D eigenvalue weighted by Gasteiger charge is 2.28. The van der Waals surface area contributed by atoms with Gasteiger partial charge in [0.2, 0.25) is 0 Å². The van der Waals surface area contributed by atoms with Gasteiger partial charge in [-0.15, -0.1) is 0 Å². The van der Waals surface area contributed by atoms with Crippen molar-refractivity contribution < 1.29 is 9.84 Å². The molecule has 5 heteroatoms. The van der Waals surface area contributed by atoms with E-state index in [0.29, 0.717) is 5.75 Å². The number of benzene rings is 2. The number of rotatable bonds is 2. The van der Waals surface area contributed by atoms with Gasteiger partial charge in [0.25, 0.3) is 0 Å². The van der Waals surface area contributed by atoms with E-state index in [9.17, 15) is 5.11 Å². The Balaban J connectivity index is 1.92. The van der Waals surface area contributed by atoms with Crippen molar-refractivity contribution in [3.63, 3.8) is 0 Å². The molecule has 4 rings (SSSR count). The molecule has 0 amide bonds. The number of aryl methyl sites for hydroxylation is 1. The van der Waals surface area contributed by atoms with Gasteiger partial charge >= 0.3 is 0 Å². The predicted molar refractivity (Wildman–Crippen MR) is 88.8 cm³/mol. The van der Waals surface area contributed by atoms with Crippen LogP contribution in [0.3, 0.4) is 0 Å². The van der Waals surface area contributed by atoms with Crippen LogP contribution in [-0.2, 0) is 0 Å². The highest BCUT2D eigenvalue weighted by Crippen LogP contribution is 2.42. The van der Waals surface area contributed by atoms with Gasteiger partial charge in [-0.2, -0.15) is 5.10 Å². The SMILES string of the molecule is COc1cccc(C2Nc3ccccc3-c3cc(C)nn32)c1O. The summed E-state index contributed by atoms with van der Waals surface area (Å²) in [7, 11) is 1.55. The number of ether oxygens (including phenoxy) is 1. The lowest BCUT2D eigenvalue weighted by atomic mass is 10.0. The van der Waals surface area contributed by atoms with Gasteiger partial charge in [-0.1, -0.05) is 30.3 Å². The summed E-state index contributed by atoms with van der Waals surface area (Å²) < 4.78 is 7.14. The maximum absolute atomic E-state index is 10.5. The van der Waals surface area contributed by atoms with Crippen LogP contribution in [0.4, 0.5) is 5.69 Å². The number of aromatic hydroxyl groups is 1. The van der Waals surface area contributed by atoms with Crippen LogP contribution in [0.2, 0.25) is 0 Å². The van der Waals surface area contributed by atoms with E-state index in [4.69, 9.17) is 4.74 Å². The molecule has 1 atom stereocenters. The Kier molecular flexibility index (Phi) is 3.01. The molecule has 5 nitrogen and oxygen atoms in total. The zero-order valence-corrected chi connectivity index (χ0v) is 12.9. The van der Waals surface area contributed by atoms with E-state index < -0.39 is 0 Å². The van der Waals surface area contributed by atoms with Crippen molar-refractivity contribution in [3.8, 4) is 22.8 Å². The molecule has 0 bridgehead atoms. The molecule has 3 aromatic rings. The normalized spacial score (nSPS) is 15.5. The van der Waals surface area contributed by atoms with E-state index in [1.807, 2.05) is 41.9 Å². The van der Waals surface area contributed by atoms with Gasteiger partial charge < -0.3 is 15.2 Å². The first-order valence-corrected chi connectivity index (χ1v) is 7.47. The number of methoxy groups -OCH3 is 1.